The number of hydrogen-bond donors (Lipinski definition) is 2. The lowest BCUT2D eigenvalue weighted by atomic mass is 9.92. The molecule has 1 saturated heterocycles. The summed E-state index contributed by atoms with van der Waals surface area (Å²) < 4.78 is 7.58. The Hall–Kier alpha value is -2.45. The molecule has 3 heterocycles. The van der Waals surface area contributed by atoms with E-state index in [-0.39, 0.29) is 5.72 Å². The van der Waals surface area contributed by atoms with Gasteiger partial charge in [-0.1, -0.05) is 30.2 Å². The fourth-order valence-electron chi connectivity index (χ4n) is 4.55. The molecule has 0 amide bonds. The maximum Gasteiger partial charge on any atom is 0.189 e. The third-order valence-corrected chi connectivity index (χ3v) is 6.88. The van der Waals surface area contributed by atoms with Crippen LogP contribution in [0.5, 0.6) is 0 Å². The molecule has 1 saturated carbocycles. The second-order valence-corrected chi connectivity index (χ2v) is 9.31. The predicted octanol–water partition coefficient (Wildman–Crippen LogP) is 4.16. The van der Waals surface area contributed by atoms with Crippen LogP contribution < -0.4 is 16.0 Å². The van der Waals surface area contributed by atoms with E-state index in [1.54, 1.807) is 17.5 Å². The number of aromatic nitrogens is 3. The van der Waals surface area contributed by atoms with Gasteiger partial charge in [-0.3, -0.25) is 0 Å². The van der Waals surface area contributed by atoms with Crippen LogP contribution in [0.2, 0.25) is 0 Å². The van der Waals surface area contributed by atoms with Crippen molar-refractivity contribution in [2.75, 3.05) is 16.0 Å². The lowest BCUT2D eigenvalue weighted by molar-refractivity contribution is -0.0243. The summed E-state index contributed by atoms with van der Waals surface area (Å²) in [5.74, 6) is 0.657. The Morgan fingerprint density at radius 3 is 3.03 bits per heavy atom. The number of thiazole rings is 1. The van der Waals surface area contributed by atoms with Crippen LogP contribution in [0.15, 0.2) is 30.7 Å². The Kier molecular flexibility index (Phi) is 4.55. The van der Waals surface area contributed by atoms with E-state index in [0.717, 1.165) is 22.6 Å². The fraction of sp³-hybridized carbons (Fsp3) is 0.476. The molecule has 0 bridgehead atoms. The Balaban J connectivity index is 1.40. The normalized spacial score (nSPS) is 23.3. The number of hydrogen-bond acceptors (Lipinski definition) is 8. The second-order valence-electron chi connectivity index (χ2n) is 8.30. The topological polar surface area (TPSA) is 89.2 Å². The standard InChI is InChI=1S/C21H26N6OS/c1-21(2)27(16-5-3-4-6-17(16)28-21)20-26-15-8-7-13(9-18(15)29-20)10-24-19-14(22)11-23-12-25-19/h7-9,11-12,16-17H,3-6,10,22H2,1-2H3,(H,23,24,25)/t16-,17-/m1/s1. The van der Waals surface area contributed by atoms with Crippen molar-refractivity contribution in [1.82, 2.24) is 15.0 Å². The average Bonchev–Trinajstić information content (AvgIpc) is 3.22. The number of nitrogens with two attached hydrogens (primary N) is 1. The Morgan fingerprint density at radius 2 is 2.17 bits per heavy atom. The number of nitrogens with zero attached hydrogens (tertiary/aromatic N) is 4. The van der Waals surface area contributed by atoms with Crippen LogP contribution in [0.3, 0.4) is 0 Å². The van der Waals surface area contributed by atoms with E-state index in [9.17, 15) is 0 Å². The lowest BCUT2D eigenvalue weighted by Crippen LogP contribution is -2.45. The third kappa shape index (κ3) is 3.40. The first kappa shape index (κ1) is 18.6. The van der Waals surface area contributed by atoms with E-state index in [1.807, 2.05) is 0 Å². The van der Waals surface area contributed by atoms with Crippen LogP contribution in [-0.4, -0.2) is 32.8 Å². The van der Waals surface area contributed by atoms with Gasteiger partial charge in [0.2, 0.25) is 0 Å². The van der Waals surface area contributed by atoms with Crippen LogP contribution in [0.25, 0.3) is 10.2 Å². The van der Waals surface area contributed by atoms with E-state index in [4.69, 9.17) is 15.5 Å². The summed E-state index contributed by atoms with van der Waals surface area (Å²) in [7, 11) is 0. The van der Waals surface area contributed by atoms with Gasteiger partial charge in [0.25, 0.3) is 0 Å². The van der Waals surface area contributed by atoms with Gasteiger partial charge in [0.1, 0.15) is 12.1 Å². The molecule has 1 aliphatic heterocycles. The molecule has 152 valence electrons. The van der Waals surface area contributed by atoms with Crippen LogP contribution in [-0.2, 0) is 11.3 Å². The molecule has 2 aliphatic rings. The van der Waals surface area contributed by atoms with Gasteiger partial charge in [-0.25, -0.2) is 15.0 Å². The van der Waals surface area contributed by atoms with Crippen molar-refractivity contribution < 1.29 is 4.74 Å². The zero-order valence-corrected chi connectivity index (χ0v) is 17.6. The van der Waals surface area contributed by atoms with Crippen molar-refractivity contribution in [2.45, 2.75) is 63.9 Å². The Labute approximate surface area is 174 Å². The van der Waals surface area contributed by atoms with Crippen LogP contribution >= 0.6 is 11.3 Å². The van der Waals surface area contributed by atoms with Crippen LogP contribution in [0, 0.1) is 0 Å². The first-order valence-corrected chi connectivity index (χ1v) is 11.0. The molecule has 2 aromatic heterocycles. The quantitative estimate of drug-likeness (QED) is 0.667. The minimum absolute atomic E-state index is 0.317. The molecule has 2 atom stereocenters. The summed E-state index contributed by atoms with van der Waals surface area (Å²) >= 11 is 1.75. The highest BCUT2D eigenvalue weighted by Gasteiger charge is 2.49. The maximum atomic E-state index is 6.40. The van der Waals surface area contributed by atoms with Gasteiger partial charge in [0.05, 0.1) is 34.2 Å². The molecule has 8 heteroatoms. The van der Waals surface area contributed by atoms with Gasteiger partial charge in [-0.2, -0.15) is 0 Å². The summed E-state index contributed by atoms with van der Waals surface area (Å²) in [4.78, 5) is 15.5. The smallest absolute Gasteiger partial charge is 0.189 e. The molecule has 2 fully saturated rings. The van der Waals surface area contributed by atoms with Crippen molar-refractivity contribution in [1.29, 1.82) is 0 Å². The first-order valence-electron chi connectivity index (χ1n) is 10.2. The highest BCUT2D eigenvalue weighted by Crippen LogP contribution is 2.44. The van der Waals surface area contributed by atoms with Crippen LogP contribution in [0.1, 0.15) is 45.1 Å². The lowest BCUT2D eigenvalue weighted by Gasteiger charge is -2.34. The second kappa shape index (κ2) is 7.11. The van der Waals surface area contributed by atoms with Crippen molar-refractivity contribution >= 4 is 38.2 Å². The molecular formula is C21H26N6OS. The van der Waals surface area contributed by atoms with Crippen molar-refractivity contribution in [3.8, 4) is 0 Å². The molecule has 3 N–H and O–H groups in total. The summed E-state index contributed by atoms with van der Waals surface area (Å²) in [6.07, 6.45) is 8.28. The van der Waals surface area contributed by atoms with E-state index >= 15 is 0 Å². The number of benzene rings is 1. The van der Waals surface area contributed by atoms with E-state index < -0.39 is 0 Å². The minimum atomic E-state index is -0.317. The zero-order valence-electron chi connectivity index (χ0n) is 16.8. The Morgan fingerprint density at radius 1 is 1.31 bits per heavy atom. The summed E-state index contributed by atoms with van der Waals surface area (Å²) in [5, 5.41) is 4.34. The van der Waals surface area contributed by atoms with E-state index in [1.165, 1.54) is 30.3 Å². The number of rotatable bonds is 4. The molecular weight excluding hydrogens is 384 g/mol. The highest BCUT2D eigenvalue weighted by molar-refractivity contribution is 7.22. The van der Waals surface area contributed by atoms with Gasteiger partial charge in [-0.15, -0.1) is 0 Å². The molecule has 0 radical (unpaired) electrons. The molecule has 3 aromatic rings. The largest absolute Gasteiger partial charge is 0.394 e. The number of ether oxygens (including phenoxy) is 1. The molecule has 1 aromatic carbocycles. The molecule has 7 nitrogen and oxygen atoms in total. The summed E-state index contributed by atoms with van der Waals surface area (Å²) in [6, 6.07) is 6.83. The minimum Gasteiger partial charge on any atom is -0.394 e. The number of nitrogen functional groups attached to an aromatic ring is 1. The zero-order chi connectivity index (χ0) is 20.0. The van der Waals surface area contributed by atoms with Crippen molar-refractivity contribution in [2.24, 2.45) is 0 Å². The summed E-state index contributed by atoms with van der Waals surface area (Å²) in [5.41, 5.74) is 8.34. The molecule has 29 heavy (non-hydrogen) atoms. The highest BCUT2D eigenvalue weighted by atomic mass is 32.1. The van der Waals surface area contributed by atoms with Crippen LogP contribution in [0.4, 0.5) is 16.6 Å². The Bertz CT molecular complexity index is 1030. The fourth-order valence-corrected chi connectivity index (χ4v) is 5.78. The van der Waals surface area contributed by atoms with Crippen molar-refractivity contribution in [3.05, 3.63) is 36.3 Å². The SMILES string of the molecule is CC1(C)O[C@@H]2CCCC[C@H]2N1c1nc2ccc(CNc3ncncc3N)cc2s1. The third-order valence-electron chi connectivity index (χ3n) is 5.87. The van der Waals surface area contributed by atoms with E-state index in [0.29, 0.717) is 30.2 Å². The van der Waals surface area contributed by atoms with Gasteiger partial charge in [0.15, 0.2) is 10.9 Å². The van der Waals surface area contributed by atoms with Gasteiger partial charge in [-0.05, 0) is 44.4 Å². The monoisotopic (exact) mass is 410 g/mol. The molecule has 1 aliphatic carbocycles. The number of fused-ring (bicyclic) bond motifs is 2. The number of anilines is 3. The maximum absolute atomic E-state index is 6.40. The van der Waals surface area contributed by atoms with Gasteiger partial charge < -0.3 is 20.7 Å². The molecule has 5 rings (SSSR count). The summed E-state index contributed by atoms with van der Waals surface area (Å²) in [6.45, 7) is 4.98. The van der Waals surface area contributed by atoms with Gasteiger partial charge >= 0.3 is 0 Å². The van der Waals surface area contributed by atoms with E-state index in [2.05, 4.69) is 52.2 Å². The molecule has 0 spiro atoms. The van der Waals surface area contributed by atoms with Crippen molar-refractivity contribution in [3.63, 3.8) is 0 Å². The van der Waals surface area contributed by atoms with Gasteiger partial charge in [0, 0.05) is 6.54 Å². The first-order chi connectivity index (χ1) is 14.0. The average molecular weight is 411 g/mol. The molecule has 0 unspecified atom stereocenters. The predicted molar refractivity (Wildman–Crippen MR) is 117 cm³/mol. The number of nitrogens with one attached hydrogen (secondary N) is 1.